The minimum Gasteiger partial charge on any atom is -0.497 e. The fraction of sp³-hybridized carbons (Fsp3) is 0.172. The molecule has 1 N–H and O–H groups in total. The zero-order valence-electron chi connectivity index (χ0n) is 20.6. The third kappa shape index (κ3) is 6.71. The maximum absolute atomic E-state index is 11.7. The molecule has 0 aliphatic heterocycles. The number of aromatic nitrogens is 1. The van der Waals surface area contributed by atoms with Crippen LogP contribution in [0.15, 0.2) is 78.7 Å². The van der Waals surface area contributed by atoms with Gasteiger partial charge in [0.05, 0.1) is 24.3 Å². The van der Waals surface area contributed by atoms with Gasteiger partial charge in [-0.15, -0.1) is 0 Å². The summed E-state index contributed by atoms with van der Waals surface area (Å²) < 4.78 is 23.0. The Bertz CT molecular complexity index is 1420. The van der Waals surface area contributed by atoms with Crippen molar-refractivity contribution in [2.45, 2.75) is 26.6 Å². The van der Waals surface area contributed by atoms with Gasteiger partial charge in [-0.05, 0) is 80.1 Å². The molecule has 0 aliphatic rings. The molecular formula is C29H26ClNO6. The zero-order valence-corrected chi connectivity index (χ0v) is 21.4. The Morgan fingerprint density at radius 2 is 1.68 bits per heavy atom. The van der Waals surface area contributed by atoms with Crippen LogP contribution in [-0.2, 0) is 11.4 Å². The van der Waals surface area contributed by atoms with Gasteiger partial charge in [0.15, 0.2) is 0 Å². The van der Waals surface area contributed by atoms with Crippen LogP contribution in [0.4, 0.5) is 0 Å². The number of hydrogen-bond donors (Lipinski definition) is 1. The predicted molar refractivity (Wildman–Crippen MR) is 143 cm³/mol. The van der Waals surface area contributed by atoms with Crippen molar-refractivity contribution in [3.8, 4) is 23.0 Å². The molecule has 0 unspecified atom stereocenters. The lowest BCUT2D eigenvalue weighted by molar-refractivity contribution is -0.134. The number of nitrogens with zero attached hydrogens (tertiary/aromatic N) is 1. The van der Waals surface area contributed by atoms with E-state index >= 15 is 0 Å². The van der Waals surface area contributed by atoms with Crippen molar-refractivity contribution in [1.29, 1.82) is 0 Å². The summed E-state index contributed by atoms with van der Waals surface area (Å²) in [7, 11) is 1.62. The van der Waals surface area contributed by atoms with Crippen molar-refractivity contribution < 1.29 is 28.8 Å². The van der Waals surface area contributed by atoms with E-state index in [9.17, 15) is 9.90 Å². The van der Waals surface area contributed by atoms with E-state index in [1.807, 2.05) is 32.0 Å². The maximum atomic E-state index is 11.7. The Morgan fingerprint density at radius 3 is 2.32 bits per heavy atom. The molecule has 37 heavy (non-hydrogen) atoms. The molecular weight excluding hydrogens is 494 g/mol. The second kappa shape index (κ2) is 11.7. The van der Waals surface area contributed by atoms with Gasteiger partial charge in [-0.25, -0.2) is 4.79 Å². The van der Waals surface area contributed by atoms with Gasteiger partial charge in [0, 0.05) is 16.6 Å². The van der Waals surface area contributed by atoms with E-state index in [2.05, 4.69) is 4.98 Å². The number of halogens is 1. The Hall–Kier alpha value is -4.23. The molecule has 0 saturated carbocycles. The van der Waals surface area contributed by atoms with Crippen molar-refractivity contribution in [3.63, 3.8) is 0 Å². The molecule has 0 saturated heterocycles. The molecule has 7 nitrogen and oxygen atoms in total. The van der Waals surface area contributed by atoms with Crippen molar-refractivity contribution in [2.24, 2.45) is 0 Å². The first kappa shape index (κ1) is 25.9. The number of benzene rings is 3. The van der Waals surface area contributed by atoms with E-state index in [-0.39, 0.29) is 18.5 Å². The minimum absolute atomic E-state index is 0.0415. The largest absolute Gasteiger partial charge is 0.497 e. The van der Waals surface area contributed by atoms with Crippen molar-refractivity contribution in [2.75, 3.05) is 7.11 Å². The van der Waals surface area contributed by atoms with Crippen LogP contribution >= 0.6 is 11.6 Å². The molecule has 0 spiro atoms. The minimum atomic E-state index is -1.19. The molecule has 0 atom stereocenters. The highest BCUT2D eigenvalue weighted by atomic mass is 35.5. The number of methoxy groups -OCH3 is 1. The third-order valence-corrected chi connectivity index (χ3v) is 5.53. The van der Waals surface area contributed by atoms with Gasteiger partial charge in [-0.2, -0.15) is 0 Å². The van der Waals surface area contributed by atoms with E-state index in [1.165, 1.54) is 6.08 Å². The number of hydrogen-bond acceptors (Lipinski definition) is 6. The van der Waals surface area contributed by atoms with E-state index in [0.717, 1.165) is 16.5 Å². The first-order chi connectivity index (χ1) is 17.8. The Balaban J connectivity index is 1.51. The molecule has 0 radical (unpaired) electrons. The van der Waals surface area contributed by atoms with Crippen LogP contribution in [0.25, 0.3) is 17.0 Å². The highest BCUT2D eigenvalue weighted by Crippen LogP contribution is 2.33. The van der Waals surface area contributed by atoms with Crippen LogP contribution in [0.1, 0.15) is 25.0 Å². The number of carbonyl (C=O) groups is 1. The number of aliphatic carboxylic acids is 1. The first-order valence-electron chi connectivity index (χ1n) is 11.6. The summed E-state index contributed by atoms with van der Waals surface area (Å²) in [5.41, 5.74) is 2.23. The fourth-order valence-corrected chi connectivity index (χ4v) is 3.66. The third-order valence-electron chi connectivity index (χ3n) is 5.28. The molecule has 0 bridgehead atoms. The SMILES string of the molecule is COc1ccc2ncc(COc3ccc(/C=C(/Oc4ccc(Cl)cc4)C(=O)O)cc3)c(OC(C)C)c2c1. The number of fused-ring (bicyclic) bond motifs is 1. The molecule has 1 heterocycles. The second-order valence-corrected chi connectivity index (χ2v) is 8.83. The highest BCUT2D eigenvalue weighted by molar-refractivity contribution is 6.30. The summed E-state index contributed by atoms with van der Waals surface area (Å²) >= 11 is 5.87. The van der Waals surface area contributed by atoms with Crippen LogP contribution in [-0.4, -0.2) is 29.3 Å². The summed E-state index contributed by atoms with van der Waals surface area (Å²) in [6.45, 7) is 4.16. The second-order valence-electron chi connectivity index (χ2n) is 8.39. The topological polar surface area (TPSA) is 87.1 Å². The molecule has 0 amide bonds. The molecule has 8 heteroatoms. The lowest BCUT2D eigenvalue weighted by atomic mass is 10.1. The van der Waals surface area contributed by atoms with Gasteiger partial charge in [0.2, 0.25) is 5.76 Å². The van der Waals surface area contributed by atoms with Gasteiger partial charge < -0.3 is 24.1 Å². The predicted octanol–water partition coefficient (Wildman–Crippen LogP) is 6.77. The standard InChI is InChI=1S/C29H26ClNO6/c1-18(2)36-28-20(16-31-26-13-12-24(34-3)15-25(26)28)17-35-22-8-4-19(5-9-22)14-27(29(32)33)37-23-10-6-21(30)7-11-23/h4-16,18H,17H2,1-3H3,(H,32,33)/b27-14+. The normalized spacial score (nSPS) is 11.4. The summed E-state index contributed by atoms with van der Waals surface area (Å²) in [6.07, 6.45) is 3.15. The van der Waals surface area contributed by atoms with Crippen molar-refractivity contribution >= 4 is 34.5 Å². The van der Waals surface area contributed by atoms with Crippen LogP contribution in [0, 0.1) is 0 Å². The quantitative estimate of drug-likeness (QED) is 0.183. The van der Waals surface area contributed by atoms with Crippen LogP contribution in [0.2, 0.25) is 5.02 Å². The molecule has 0 aliphatic carbocycles. The van der Waals surface area contributed by atoms with Gasteiger partial charge >= 0.3 is 5.97 Å². The molecule has 0 fully saturated rings. The molecule has 3 aromatic carbocycles. The molecule has 190 valence electrons. The maximum Gasteiger partial charge on any atom is 0.371 e. The Kier molecular flexibility index (Phi) is 8.15. The van der Waals surface area contributed by atoms with Gasteiger partial charge in [0.1, 0.15) is 29.6 Å². The molecule has 4 rings (SSSR count). The smallest absolute Gasteiger partial charge is 0.371 e. The number of rotatable bonds is 10. The van der Waals surface area contributed by atoms with Gasteiger partial charge in [-0.3, -0.25) is 4.98 Å². The number of carboxylic acids is 1. The summed E-state index contributed by atoms with van der Waals surface area (Å²) in [6, 6.07) is 19.1. The number of carboxylic acid groups (broad SMARTS) is 1. The average Bonchev–Trinajstić information content (AvgIpc) is 2.89. The summed E-state index contributed by atoms with van der Waals surface area (Å²) in [4.78, 5) is 16.2. The van der Waals surface area contributed by atoms with Crippen LogP contribution < -0.4 is 18.9 Å². The van der Waals surface area contributed by atoms with Gasteiger partial charge in [0.25, 0.3) is 0 Å². The molecule has 4 aromatic rings. The van der Waals surface area contributed by atoms with E-state index in [1.54, 1.807) is 61.8 Å². The Morgan fingerprint density at radius 1 is 1.00 bits per heavy atom. The highest BCUT2D eigenvalue weighted by Gasteiger charge is 2.14. The van der Waals surface area contributed by atoms with Crippen molar-refractivity contribution in [1.82, 2.24) is 4.98 Å². The van der Waals surface area contributed by atoms with Crippen LogP contribution in [0.5, 0.6) is 23.0 Å². The fourth-order valence-electron chi connectivity index (χ4n) is 3.53. The van der Waals surface area contributed by atoms with Crippen molar-refractivity contribution in [3.05, 3.63) is 94.8 Å². The van der Waals surface area contributed by atoms with E-state index in [0.29, 0.717) is 33.6 Å². The van der Waals surface area contributed by atoms with E-state index < -0.39 is 5.97 Å². The Labute approximate surface area is 219 Å². The van der Waals surface area contributed by atoms with E-state index in [4.69, 9.17) is 30.5 Å². The lowest BCUT2D eigenvalue weighted by Gasteiger charge is -2.17. The monoisotopic (exact) mass is 519 g/mol. The lowest BCUT2D eigenvalue weighted by Crippen LogP contribution is -2.10. The molecule has 1 aromatic heterocycles. The summed E-state index contributed by atoms with van der Waals surface area (Å²) in [5.74, 6) is 0.986. The zero-order chi connectivity index (χ0) is 26.4. The van der Waals surface area contributed by atoms with Crippen LogP contribution in [0.3, 0.4) is 0 Å². The number of pyridine rings is 1. The number of ether oxygens (including phenoxy) is 4. The summed E-state index contributed by atoms with van der Waals surface area (Å²) in [5, 5.41) is 10.9. The van der Waals surface area contributed by atoms with Gasteiger partial charge in [-0.1, -0.05) is 23.7 Å². The average molecular weight is 520 g/mol. The first-order valence-corrected chi connectivity index (χ1v) is 11.9.